The molecule has 2 saturated heterocycles. The molecule has 2 heterocycles. The maximum absolute atomic E-state index is 11.8. The molecule has 0 spiro atoms. The Bertz CT molecular complexity index is 317. The number of nitrogens with one attached hydrogen (secondary N) is 1. The molecular weight excluding hydrogens is 218 g/mol. The monoisotopic (exact) mass is 239 g/mol. The summed E-state index contributed by atoms with van der Waals surface area (Å²) in [4.78, 5) is 27.1. The van der Waals surface area contributed by atoms with E-state index in [4.69, 9.17) is 0 Å². The summed E-state index contributed by atoms with van der Waals surface area (Å²) in [5, 5.41) is 2.40. The lowest BCUT2D eigenvalue weighted by molar-refractivity contribution is -0.121. The Labute approximate surface area is 102 Å². The molecule has 5 nitrogen and oxygen atoms in total. The Morgan fingerprint density at radius 1 is 1.29 bits per heavy atom. The highest BCUT2D eigenvalue weighted by atomic mass is 16.2. The summed E-state index contributed by atoms with van der Waals surface area (Å²) in [7, 11) is 0. The lowest BCUT2D eigenvalue weighted by Crippen LogP contribution is -2.58. The number of hydrogen-bond acceptors (Lipinski definition) is 3. The van der Waals surface area contributed by atoms with Gasteiger partial charge in [0.05, 0.1) is 0 Å². The maximum Gasteiger partial charge on any atom is 0.324 e. The third kappa shape index (κ3) is 2.77. The van der Waals surface area contributed by atoms with Crippen LogP contribution in [0.1, 0.15) is 33.1 Å². The smallest absolute Gasteiger partial charge is 0.320 e. The second-order valence-electron chi connectivity index (χ2n) is 5.18. The third-order valence-electron chi connectivity index (χ3n) is 3.69. The summed E-state index contributed by atoms with van der Waals surface area (Å²) in [5.41, 5.74) is 0. The van der Waals surface area contributed by atoms with Crippen LogP contribution in [0.2, 0.25) is 0 Å². The number of nitrogens with zero attached hydrogens (tertiary/aromatic N) is 2. The zero-order valence-corrected chi connectivity index (χ0v) is 10.6. The Balaban J connectivity index is 1.97. The number of likely N-dealkylation sites (tertiary alicyclic amines) is 1. The molecule has 0 saturated carbocycles. The van der Waals surface area contributed by atoms with Gasteiger partial charge < -0.3 is 4.90 Å². The van der Waals surface area contributed by atoms with Crippen LogP contribution >= 0.6 is 0 Å². The van der Waals surface area contributed by atoms with E-state index >= 15 is 0 Å². The van der Waals surface area contributed by atoms with Crippen molar-refractivity contribution < 1.29 is 9.59 Å². The van der Waals surface area contributed by atoms with E-state index in [1.807, 2.05) is 4.90 Å². The van der Waals surface area contributed by atoms with Gasteiger partial charge in [0.15, 0.2) is 0 Å². The van der Waals surface area contributed by atoms with Crippen molar-refractivity contribution in [3.05, 3.63) is 0 Å². The molecule has 1 unspecified atom stereocenters. The first-order chi connectivity index (χ1) is 8.08. The van der Waals surface area contributed by atoms with E-state index in [2.05, 4.69) is 24.1 Å². The quantitative estimate of drug-likeness (QED) is 0.775. The van der Waals surface area contributed by atoms with Gasteiger partial charge in [0.2, 0.25) is 5.91 Å². The number of carbonyl (C=O) groups excluding carboxylic acids is 2. The Kier molecular flexibility index (Phi) is 3.66. The maximum atomic E-state index is 11.8. The van der Waals surface area contributed by atoms with Crippen LogP contribution in [-0.4, -0.2) is 53.5 Å². The largest absolute Gasteiger partial charge is 0.324 e. The van der Waals surface area contributed by atoms with E-state index in [9.17, 15) is 9.59 Å². The number of hydrogen-bond donors (Lipinski definition) is 1. The van der Waals surface area contributed by atoms with Gasteiger partial charge in [-0.3, -0.25) is 15.0 Å². The number of piperidine rings is 1. The highest BCUT2D eigenvalue weighted by Crippen LogP contribution is 2.19. The summed E-state index contributed by atoms with van der Waals surface area (Å²) >= 11 is 0. The molecule has 2 fully saturated rings. The summed E-state index contributed by atoms with van der Waals surface area (Å²) in [6.07, 6.45) is 2.61. The fourth-order valence-corrected chi connectivity index (χ4v) is 2.63. The van der Waals surface area contributed by atoms with E-state index in [-0.39, 0.29) is 18.0 Å². The van der Waals surface area contributed by atoms with Crippen molar-refractivity contribution in [1.82, 2.24) is 15.1 Å². The average molecular weight is 239 g/mol. The highest BCUT2D eigenvalue weighted by Gasteiger charge is 2.32. The molecule has 3 amide bonds. The van der Waals surface area contributed by atoms with Gasteiger partial charge in [0.25, 0.3) is 0 Å². The Morgan fingerprint density at radius 3 is 2.71 bits per heavy atom. The summed E-state index contributed by atoms with van der Waals surface area (Å²) in [5.74, 6) is -0.150. The molecule has 17 heavy (non-hydrogen) atoms. The number of amides is 3. The molecule has 0 aliphatic carbocycles. The molecule has 0 aromatic carbocycles. The SMILES string of the molecule is CC(C)N1CCCC(N2CCC(=O)NC2=O)C1. The second-order valence-corrected chi connectivity index (χ2v) is 5.18. The average Bonchev–Trinajstić information content (AvgIpc) is 2.29. The van der Waals surface area contributed by atoms with Crippen LogP contribution in [0.4, 0.5) is 4.79 Å². The minimum Gasteiger partial charge on any atom is -0.320 e. The first kappa shape index (κ1) is 12.4. The molecule has 5 heteroatoms. The standard InChI is InChI=1S/C12H21N3O2/c1-9(2)14-6-3-4-10(8-14)15-7-5-11(16)13-12(15)17/h9-10H,3-8H2,1-2H3,(H,13,16,17). The molecule has 1 N–H and O–H groups in total. The molecule has 0 aromatic heterocycles. The molecule has 1 atom stereocenters. The van der Waals surface area contributed by atoms with Crippen molar-refractivity contribution >= 4 is 11.9 Å². The van der Waals surface area contributed by atoms with Crippen LogP contribution in [0.3, 0.4) is 0 Å². The zero-order valence-electron chi connectivity index (χ0n) is 10.6. The highest BCUT2D eigenvalue weighted by molar-refractivity contribution is 5.96. The van der Waals surface area contributed by atoms with Crippen molar-refractivity contribution in [2.45, 2.75) is 45.2 Å². The van der Waals surface area contributed by atoms with Gasteiger partial charge in [0, 0.05) is 31.6 Å². The molecule has 0 radical (unpaired) electrons. The van der Waals surface area contributed by atoms with Crippen LogP contribution in [0.5, 0.6) is 0 Å². The summed E-state index contributed by atoms with van der Waals surface area (Å²) in [6, 6.07) is 0.573. The van der Waals surface area contributed by atoms with Crippen LogP contribution in [0.15, 0.2) is 0 Å². The molecule has 0 aromatic rings. The first-order valence-corrected chi connectivity index (χ1v) is 6.42. The van der Waals surface area contributed by atoms with Gasteiger partial charge in [0.1, 0.15) is 0 Å². The predicted octanol–water partition coefficient (Wildman–Crippen LogP) is 0.801. The topological polar surface area (TPSA) is 52.6 Å². The fourth-order valence-electron chi connectivity index (χ4n) is 2.63. The van der Waals surface area contributed by atoms with E-state index in [0.29, 0.717) is 19.0 Å². The van der Waals surface area contributed by atoms with Gasteiger partial charge in [-0.15, -0.1) is 0 Å². The van der Waals surface area contributed by atoms with Gasteiger partial charge in [-0.1, -0.05) is 0 Å². The van der Waals surface area contributed by atoms with E-state index in [1.165, 1.54) is 0 Å². The lowest BCUT2D eigenvalue weighted by atomic mass is 10.0. The minimum absolute atomic E-state index is 0.150. The molecule has 2 aliphatic heterocycles. The van der Waals surface area contributed by atoms with Crippen molar-refractivity contribution in [3.63, 3.8) is 0 Å². The number of urea groups is 1. The van der Waals surface area contributed by atoms with Gasteiger partial charge in [-0.25, -0.2) is 4.79 Å². The van der Waals surface area contributed by atoms with Crippen LogP contribution in [-0.2, 0) is 4.79 Å². The molecule has 96 valence electrons. The van der Waals surface area contributed by atoms with Crippen molar-refractivity contribution in [2.75, 3.05) is 19.6 Å². The zero-order chi connectivity index (χ0) is 12.4. The Morgan fingerprint density at radius 2 is 2.06 bits per heavy atom. The van der Waals surface area contributed by atoms with Gasteiger partial charge in [-0.05, 0) is 33.2 Å². The van der Waals surface area contributed by atoms with Crippen molar-refractivity contribution in [1.29, 1.82) is 0 Å². The molecule has 0 bridgehead atoms. The normalized spacial score (nSPS) is 27.5. The number of imide groups is 1. The first-order valence-electron chi connectivity index (χ1n) is 6.42. The van der Waals surface area contributed by atoms with E-state index < -0.39 is 0 Å². The molecular formula is C12H21N3O2. The van der Waals surface area contributed by atoms with E-state index in [0.717, 1.165) is 25.9 Å². The second kappa shape index (κ2) is 5.04. The number of carbonyl (C=O) groups is 2. The Hall–Kier alpha value is -1.10. The van der Waals surface area contributed by atoms with Crippen LogP contribution < -0.4 is 5.32 Å². The molecule has 2 aliphatic rings. The van der Waals surface area contributed by atoms with Crippen molar-refractivity contribution in [3.8, 4) is 0 Å². The summed E-state index contributed by atoms with van der Waals surface area (Å²) in [6.45, 7) is 6.98. The molecule has 2 rings (SSSR count). The van der Waals surface area contributed by atoms with E-state index in [1.54, 1.807) is 0 Å². The number of rotatable bonds is 2. The fraction of sp³-hybridized carbons (Fsp3) is 0.833. The van der Waals surface area contributed by atoms with Crippen molar-refractivity contribution in [2.24, 2.45) is 0 Å². The van der Waals surface area contributed by atoms with Crippen LogP contribution in [0, 0.1) is 0 Å². The summed E-state index contributed by atoms with van der Waals surface area (Å²) < 4.78 is 0. The van der Waals surface area contributed by atoms with Gasteiger partial charge >= 0.3 is 6.03 Å². The third-order valence-corrected chi connectivity index (χ3v) is 3.69. The minimum atomic E-state index is -0.211. The lowest BCUT2D eigenvalue weighted by Gasteiger charge is -2.41. The predicted molar refractivity (Wildman–Crippen MR) is 64.6 cm³/mol. The van der Waals surface area contributed by atoms with Crippen LogP contribution in [0.25, 0.3) is 0 Å². The van der Waals surface area contributed by atoms with Gasteiger partial charge in [-0.2, -0.15) is 0 Å².